The molecule has 1 amide bonds. The Morgan fingerprint density at radius 3 is 3.03 bits per heavy atom. The number of nitrogens with one attached hydrogen (secondary N) is 2. The lowest BCUT2D eigenvalue weighted by Crippen LogP contribution is -2.38. The fraction of sp³-hybridized carbons (Fsp3) is 0.455. The first-order valence-corrected chi connectivity index (χ1v) is 10.7. The summed E-state index contributed by atoms with van der Waals surface area (Å²) in [6, 6.07) is 4.23. The Labute approximate surface area is 180 Å². The highest BCUT2D eigenvalue weighted by Crippen LogP contribution is 2.33. The summed E-state index contributed by atoms with van der Waals surface area (Å²) < 4.78 is 7.43. The molecule has 9 heteroatoms. The molecule has 162 valence electrons. The van der Waals surface area contributed by atoms with Gasteiger partial charge in [0.1, 0.15) is 5.75 Å². The van der Waals surface area contributed by atoms with E-state index in [1.54, 1.807) is 24.2 Å². The average molecular weight is 422 g/mol. The molecule has 2 aromatic heterocycles. The zero-order chi connectivity index (χ0) is 21.4. The van der Waals surface area contributed by atoms with E-state index in [-0.39, 0.29) is 11.8 Å². The maximum absolute atomic E-state index is 12.2. The second-order valence-electron chi connectivity index (χ2n) is 8.36. The van der Waals surface area contributed by atoms with Gasteiger partial charge in [-0.2, -0.15) is 10.1 Å². The summed E-state index contributed by atoms with van der Waals surface area (Å²) in [5.41, 5.74) is 4.16. The van der Waals surface area contributed by atoms with E-state index >= 15 is 0 Å². The molecule has 1 atom stereocenters. The van der Waals surface area contributed by atoms with Crippen LogP contribution in [0.4, 0.5) is 11.6 Å². The highest BCUT2D eigenvalue weighted by atomic mass is 16.5. The van der Waals surface area contributed by atoms with Crippen LogP contribution in [0.25, 0.3) is 11.0 Å². The van der Waals surface area contributed by atoms with Gasteiger partial charge in [0, 0.05) is 25.8 Å². The molecule has 1 aromatic carbocycles. The fourth-order valence-electron chi connectivity index (χ4n) is 4.39. The molecule has 5 rings (SSSR count). The quantitative estimate of drug-likeness (QED) is 0.651. The molecule has 0 radical (unpaired) electrons. The van der Waals surface area contributed by atoms with Gasteiger partial charge in [-0.1, -0.05) is 0 Å². The second-order valence-corrected chi connectivity index (χ2v) is 8.36. The molecule has 4 heterocycles. The van der Waals surface area contributed by atoms with Crippen LogP contribution < -0.4 is 15.4 Å². The Bertz CT molecular complexity index is 1130. The van der Waals surface area contributed by atoms with Crippen molar-refractivity contribution in [2.75, 3.05) is 32.6 Å². The van der Waals surface area contributed by atoms with Crippen LogP contribution in [-0.2, 0) is 24.3 Å². The number of hydrogen-bond acceptors (Lipinski definition) is 7. The monoisotopic (exact) mass is 421 g/mol. The summed E-state index contributed by atoms with van der Waals surface area (Å²) in [4.78, 5) is 23.6. The number of carbonyl (C=O) groups is 1. The van der Waals surface area contributed by atoms with Crippen LogP contribution in [0.1, 0.15) is 24.0 Å². The number of rotatable bonds is 5. The number of piperidine rings is 1. The standard InChI is InChI=1S/C22H27N7O2/c1-28-7-5-14-9-19(31-2)18(8-16(14)12-28)26-22-24-10-17-11-25-29(20(17)27-22)13-15-4-3-6-23-21(15)30/h8-11,15H,3-7,12-13H2,1-2H3,(H,23,30)(H,24,26,27). The molecule has 1 saturated heterocycles. The van der Waals surface area contributed by atoms with E-state index in [9.17, 15) is 4.79 Å². The van der Waals surface area contributed by atoms with Gasteiger partial charge in [-0.05, 0) is 49.6 Å². The summed E-state index contributed by atoms with van der Waals surface area (Å²) >= 11 is 0. The lowest BCUT2D eigenvalue weighted by atomic mass is 9.99. The Kier molecular flexibility index (Phi) is 5.19. The molecular weight excluding hydrogens is 394 g/mol. The van der Waals surface area contributed by atoms with Crippen molar-refractivity contribution in [3.05, 3.63) is 35.7 Å². The highest BCUT2D eigenvalue weighted by Gasteiger charge is 2.24. The summed E-state index contributed by atoms with van der Waals surface area (Å²) in [6.07, 6.45) is 6.37. The third-order valence-electron chi connectivity index (χ3n) is 6.14. The van der Waals surface area contributed by atoms with Crippen molar-refractivity contribution in [1.82, 2.24) is 30.0 Å². The number of anilines is 2. The topological polar surface area (TPSA) is 97.2 Å². The third-order valence-corrected chi connectivity index (χ3v) is 6.14. The first kappa shape index (κ1) is 19.7. The molecule has 0 spiro atoms. The van der Waals surface area contributed by atoms with E-state index in [4.69, 9.17) is 9.72 Å². The summed E-state index contributed by atoms with van der Waals surface area (Å²) in [5, 5.41) is 11.6. The largest absolute Gasteiger partial charge is 0.495 e. The highest BCUT2D eigenvalue weighted by molar-refractivity contribution is 5.80. The number of fused-ring (bicyclic) bond motifs is 2. The van der Waals surface area contributed by atoms with Gasteiger partial charge in [0.25, 0.3) is 0 Å². The fourth-order valence-corrected chi connectivity index (χ4v) is 4.39. The second kappa shape index (κ2) is 8.14. The van der Waals surface area contributed by atoms with Gasteiger partial charge in [0.2, 0.25) is 11.9 Å². The Balaban J connectivity index is 1.43. The van der Waals surface area contributed by atoms with Gasteiger partial charge in [-0.3, -0.25) is 4.79 Å². The van der Waals surface area contributed by atoms with Crippen molar-refractivity contribution in [2.45, 2.75) is 32.4 Å². The van der Waals surface area contributed by atoms with Gasteiger partial charge >= 0.3 is 0 Å². The van der Waals surface area contributed by atoms with Crippen molar-refractivity contribution < 1.29 is 9.53 Å². The summed E-state index contributed by atoms with van der Waals surface area (Å²) in [6.45, 7) is 3.22. The first-order chi connectivity index (χ1) is 15.1. The Morgan fingerprint density at radius 1 is 1.29 bits per heavy atom. The zero-order valence-corrected chi connectivity index (χ0v) is 17.9. The minimum absolute atomic E-state index is 0.0824. The third kappa shape index (κ3) is 3.93. The predicted octanol–water partition coefficient (Wildman–Crippen LogP) is 2.09. The first-order valence-electron chi connectivity index (χ1n) is 10.7. The van der Waals surface area contributed by atoms with Gasteiger partial charge < -0.3 is 20.3 Å². The van der Waals surface area contributed by atoms with Crippen molar-refractivity contribution in [1.29, 1.82) is 0 Å². The molecule has 31 heavy (non-hydrogen) atoms. The van der Waals surface area contributed by atoms with Crippen molar-refractivity contribution in [3.63, 3.8) is 0 Å². The Morgan fingerprint density at radius 2 is 2.19 bits per heavy atom. The number of ether oxygens (including phenoxy) is 1. The lowest BCUT2D eigenvalue weighted by molar-refractivity contribution is -0.127. The van der Waals surface area contributed by atoms with Crippen LogP contribution in [-0.4, -0.2) is 57.8 Å². The van der Waals surface area contributed by atoms with E-state index in [1.165, 1.54) is 11.1 Å². The van der Waals surface area contributed by atoms with E-state index in [1.807, 2.05) is 0 Å². The number of nitrogens with zero attached hydrogens (tertiary/aromatic N) is 5. The van der Waals surface area contributed by atoms with E-state index in [2.05, 4.69) is 44.8 Å². The normalized spacial score (nSPS) is 19.2. The van der Waals surface area contributed by atoms with Gasteiger partial charge in [0.05, 0.1) is 36.8 Å². The van der Waals surface area contributed by atoms with Crippen LogP contribution >= 0.6 is 0 Å². The van der Waals surface area contributed by atoms with Gasteiger partial charge in [-0.15, -0.1) is 0 Å². The van der Waals surface area contributed by atoms with Crippen LogP contribution in [0.15, 0.2) is 24.5 Å². The lowest BCUT2D eigenvalue weighted by Gasteiger charge is -2.26. The number of carbonyl (C=O) groups excluding carboxylic acids is 1. The summed E-state index contributed by atoms with van der Waals surface area (Å²) in [7, 11) is 3.81. The van der Waals surface area contributed by atoms with Crippen molar-refractivity contribution in [2.24, 2.45) is 5.92 Å². The molecule has 2 aliphatic heterocycles. The van der Waals surface area contributed by atoms with E-state index in [0.29, 0.717) is 18.1 Å². The smallest absolute Gasteiger partial charge is 0.229 e. The molecule has 2 aliphatic rings. The minimum atomic E-state index is -0.0824. The molecule has 3 aromatic rings. The maximum atomic E-state index is 12.2. The number of amides is 1. The van der Waals surface area contributed by atoms with Crippen LogP contribution in [0.5, 0.6) is 5.75 Å². The molecule has 9 nitrogen and oxygen atoms in total. The van der Waals surface area contributed by atoms with Crippen molar-refractivity contribution in [3.8, 4) is 5.75 Å². The number of hydrogen-bond donors (Lipinski definition) is 2. The number of aromatic nitrogens is 4. The van der Waals surface area contributed by atoms with Crippen LogP contribution in [0.3, 0.4) is 0 Å². The van der Waals surface area contributed by atoms with E-state index in [0.717, 1.165) is 55.7 Å². The molecule has 1 fully saturated rings. The predicted molar refractivity (Wildman–Crippen MR) is 117 cm³/mol. The maximum Gasteiger partial charge on any atom is 0.229 e. The van der Waals surface area contributed by atoms with Gasteiger partial charge in [0.15, 0.2) is 5.65 Å². The number of methoxy groups -OCH3 is 1. The molecule has 0 saturated carbocycles. The minimum Gasteiger partial charge on any atom is -0.495 e. The SMILES string of the molecule is COc1cc2c(cc1Nc1ncc3cnn(CC4CCCNC4=O)c3n1)CN(C)CC2. The molecular formula is C22H27N7O2. The summed E-state index contributed by atoms with van der Waals surface area (Å²) in [5.74, 6) is 1.26. The van der Waals surface area contributed by atoms with Crippen LogP contribution in [0, 0.1) is 5.92 Å². The molecule has 2 N–H and O–H groups in total. The van der Waals surface area contributed by atoms with Gasteiger partial charge in [-0.25, -0.2) is 9.67 Å². The molecule has 0 bridgehead atoms. The molecule has 0 aliphatic carbocycles. The van der Waals surface area contributed by atoms with Crippen LogP contribution in [0.2, 0.25) is 0 Å². The van der Waals surface area contributed by atoms with Crippen molar-refractivity contribution >= 4 is 28.6 Å². The zero-order valence-electron chi connectivity index (χ0n) is 17.9. The number of likely N-dealkylation sites (N-methyl/N-ethyl adjacent to an activating group) is 1. The number of benzene rings is 1. The Hall–Kier alpha value is -3.20. The average Bonchev–Trinajstić information content (AvgIpc) is 3.17. The molecule has 1 unspecified atom stereocenters. The van der Waals surface area contributed by atoms with E-state index < -0.39 is 0 Å².